The molecule has 1 aromatic carbocycles. The molecule has 7 nitrogen and oxygen atoms in total. The summed E-state index contributed by atoms with van der Waals surface area (Å²) in [5, 5.41) is 3.69. The maximum Gasteiger partial charge on any atom is 0.351 e. The highest BCUT2D eigenvalue weighted by Gasteiger charge is 2.23. The van der Waals surface area contributed by atoms with Crippen LogP contribution in [0.2, 0.25) is 5.15 Å². The van der Waals surface area contributed by atoms with Crippen LogP contribution in [0.3, 0.4) is 0 Å². The van der Waals surface area contributed by atoms with Gasteiger partial charge in [0, 0.05) is 34.6 Å². The molecule has 0 fully saturated rings. The lowest BCUT2D eigenvalue weighted by atomic mass is 10.2. The van der Waals surface area contributed by atoms with Crippen LogP contribution in [0.4, 0.5) is 14.6 Å². The molecule has 0 unspecified atom stereocenters. The summed E-state index contributed by atoms with van der Waals surface area (Å²) in [5.41, 5.74) is 1.40. The Morgan fingerprint density at radius 2 is 1.97 bits per heavy atom. The van der Waals surface area contributed by atoms with Crippen molar-refractivity contribution in [3.8, 4) is 21.9 Å². The Morgan fingerprint density at radius 3 is 2.67 bits per heavy atom. The number of aryl methyl sites for hydroxylation is 1. The number of halogens is 3. The minimum absolute atomic E-state index is 0.0596. The molecule has 3 heterocycles. The predicted octanol–water partition coefficient (Wildman–Crippen LogP) is 6.31. The standard InChI is InChI=1S/C25H24ClF2N3O4S/c1-5-35-18-12-19(36-23(18)25(32)34-4)15-11-20(26)30-24(21(15)28)29-8-9-31-13(2)10-14-17(33-3)7-6-16(27)22(14)31/h6-7,10-12H,5,8-9H2,1-4H3,(H,29,30). The van der Waals surface area contributed by atoms with E-state index >= 15 is 4.39 Å². The zero-order valence-corrected chi connectivity index (χ0v) is 21.7. The molecule has 36 heavy (non-hydrogen) atoms. The van der Waals surface area contributed by atoms with E-state index in [9.17, 15) is 9.18 Å². The normalized spacial score (nSPS) is 11.1. The topological polar surface area (TPSA) is 74.6 Å². The smallest absolute Gasteiger partial charge is 0.351 e. The van der Waals surface area contributed by atoms with Gasteiger partial charge in [0.15, 0.2) is 16.5 Å². The van der Waals surface area contributed by atoms with E-state index in [1.165, 1.54) is 26.4 Å². The first-order chi connectivity index (χ1) is 17.3. The van der Waals surface area contributed by atoms with Gasteiger partial charge in [-0.15, -0.1) is 11.3 Å². The van der Waals surface area contributed by atoms with Crippen molar-refractivity contribution in [2.45, 2.75) is 20.4 Å². The van der Waals surface area contributed by atoms with Gasteiger partial charge in [-0.2, -0.15) is 0 Å². The van der Waals surface area contributed by atoms with Crippen molar-refractivity contribution in [1.82, 2.24) is 9.55 Å². The second-order valence-corrected chi connectivity index (χ2v) is 9.20. The van der Waals surface area contributed by atoms with Crippen molar-refractivity contribution in [3.63, 3.8) is 0 Å². The first-order valence-corrected chi connectivity index (χ1v) is 12.3. The summed E-state index contributed by atoms with van der Waals surface area (Å²) in [5.74, 6) is -0.775. The summed E-state index contributed by atoms with van der Waals surface area (Å²) in [4.78, 5) is 16.9. The lowest BCUT2D eigenvalue weighted by Crippen LogP contribution is -2.14. The van der Waals surface area contributed by atoms with Crippen LogP contribution in [0.5, 0.6) is 11.5 Å². The number of carbonyl (C=O) groups is 1. The van der Waals surface area contributed by atoms with Gasteiger partial charge < -0.3 is 24.1 Å². The average molecular weight is 536 g/mol. The monoisotopic (exact) mass is 535 g/mol. The van der Waals surface area contributed by atoms with Gasteiger partial charge in [0.1, 0.15) is 22.5 Å². The van der Waals surface area contributed by atoms with Gasteiger partial charge >= 0.3 is 5.97 Å². The van der Waals surface area contributed by atoms with E-state index in [1.54, 1.807) is 23.6 Å². The van der Waals surface area contributed by atoms with E-state index in [1.807, 2.05) is 13.0 Å². The molecule has 190 valence electrons. The summed E-state index contributed by atoms with van der Waals surface area (Å²) in [6.45, 7) is 4.55. The van der Waals surface area contributed by atoms with Crippen LogP contribution in [0.25, 0.3) is 21.3 Å². The molecule has 0 amide bonds. The number of esters is 1. The van der Waals surface area contributed by atoms with Crippen LogP contribution in [0.1, 0.15) is 22.3 Å². The zero-order chi connectivity index (χ0) is 26.0. The molecule has 0 saturated heterocycles. The average Bonchev–Trinajstić information content (AvgIpc) is 3.42. The number of thiophene rings is 1. The van der Waals surface area contributed by atoms with E-state index in [0.717, 1.165) is 17.0 Å². The lowest BCUT2D eigenvalue weighted by Gasteiger charge is -2.13. The Hall–Kier alpha value is -3.37. The molecule has 4 aromatic rings. The first-order valence-electron chi connectivity index (χ1n) is 11.1. The van der Waals surface area contributed by atoms with Crippen molar-refractivity contribution < 1.29 is 27.8 Å². The number of nitrogens with one attached hydrogen (secondary N) is 1. The lowest BCUT2D eigenvalue weighted by molar-refractivity contribution is 0.0602. The Labute approximate surface area is 215 Å². The highest BCUT2D eigenvalue weighted by atomic mass is 35.5. The molecule has 0 aliphatic carbocycles. The number of pyridine rings is 1. The van der Waals surface area contributed by atoms with Gasteiger partial charge in [0.2, 0.25) is 0 Å². The van der Waals surface area contributed by atoms with Crippen molar-refractivity contribution in [1.29, 1.82) is 0 Å². The minimum atomic E-state index is -0.637. The molecule has 0 spiro atoms. The number of benzene rings is 1. The molecule has 0 aliphatic rings. The van der Waals surface area contributed by atoms with E-state index in [-0.39, 0.29) is 33.8 Å². The summed E-state index contributed by atoms with van der Waals surface area (Å²) in [7, 11) is 2.80. The maximum atomic E-state index is 15.5. The van der Waals surface area contributed by atoms with Crippen LogP contribution in [-0.4, -0.2) is 42.9 Å². The van der Waals surface area contributed by atoms with Crippen LogP contribution in [-0.2, 0) is 11.3 Å². The van der Waals surface area contributed by atoms with Gasteiger partial charge in [-0.1, -0.05) is 11.6 Å². The number of rotatable bonds is 9. The van der Waals surface area contributed by atoms with E-state index in [4.69, 9.17) is 25.8 Å². The van der Waals surface area contributed by atoms with E-state index in [2.05, 4.69) is 10.3 Å². The fourth-order valence-corrected chi connectivity index (χ4v) is 5.21. The second kappa shape index (κ2) is 10.7. The fraction of sp³-hybridized carbons (Fsp3) is 0.280. The number of fused-ring (bicyclic) bond motifs is 1. The number of methoxy groups -OCH3 is 2. The maximum absolute atomic E-state index is 15.5. The minimum Gasteiger partial charge on any atom is -0.496 e. The Kier molecular flexibility index (Phi) is 7.65. The van der Waals surface area contributed by atoms with Gasteiger partial charge in [0.25, 0.3) is 0 Å². The molecule has 3 aromatic heterocycles. The third kappa shape index (κ3) is 4.83. The number of hydrogen-bond donors (Lipinski definition) is 1. The predicted molar refractivity (Wildman–Crippen MR) is 137 cm³/mol. The third-order valence-corrected chi connectivity index (χ3v) is 6.91. The molecule has 0 atom stereocenters. The molecule has 11 heteroatoms. The number of ether oxygens (including phenoxy) is 3. The first kappa shape index (κ1) is 25.7. The summed E-state index contributed by atoms with van der Waals surface area (Å²) >= 11 is 7.24. The SMILES string of the molecule is CCOc1cc(-c2cc(Cl)nc(NCCn3c(C)cc4c(OC)ccc(F)c43)c2F)sc1C(=O)OC. The van der Waals surface area contributed by atoms with Crippen LogP contribution in [0.15, 0.2) is 30.3 Å². The molecule has 0 bridgehead atoms. The Morgan fingerprint density at radius 1 is 1.19 bits per heavy atom. The number of nitrogens with zero attached hydrogens (tertiary/aromatic N) is 2. The Balaban J connectivity index is 1.62. The molecule has 0 aliphatic heterocycles. The molecular weight excluding hydrogens is 512 g/mol. The largest absolute Gasteiger partial charge is 0.496 e. The number of anilines is 1. The van der Waals surface area contributed by atoms with Gasteiger partial charge in [-0.3, -0.25) is 0 Å². The Bertz CT molecular complexity index is 1440. The molecule has 1 N–H and O–H groups in total. The highest BCUT2D eigenvalue weighted by Crippen LogP contribution is 2.40. The number of hydrogen-bond acceptors (Lipinski definition) is 7. The third-order valence-electron chi connectivity index (χ3n) is 5.59. The van der Waals surface area contributed by atoms with Crippen molar-refractivity contribution in [2.75, 3.05) is 32.7 Å². The zero-order valence-electron chi connectivity index (χ0n) is 20.1. The summed E-state index contributed by atoms with van der Waals surface area (Å²) < 4.78 is 47.6. The molecule has 4 rings (SSSR count). The summed E-state index contributed by atoms with van der Waals surface area (Å²) in [6, 6.07) is 7.74. The van der Waals surface area contributed by atoms with Crippen LogP contribution < -0.4 is 14.8 Å². The second-order valence-electron chi connectivity index (χ2n) is 7.76. The fourth-order valence-electron chi connectivity index (χ4n) is 3.99. The number of aromatic nitrogens is 2. The van der Waals surface area contributed by atoms with Gasteiger partial charge in [-0.05, 0) is 44.2 Å². The van der Waals surface area contributed by atoms with Gasteiger partial charge in [0.05, 0.1) is 26.3 Å². The quantitative estimate of drug-likeness (QED) is 0.200. The van der Waals surface area contributed by atoms with Crippen LogP contribution in [0, 0.1) is 18.6 Å². The van der Waals surface area contributed by atoms with Crippen LogP contribution >= 0.6 is 22.9 Å². The summed E-state index contributed by atoms with van der Waals surface area (Å²) in [6.07, 6.45) is 0. The van der Waals surface area contributed by atoms with Crippen molar-refractivity contribution in [2.24, 2.45) is 0 Å². The molecular formula is C25H24ClF2N3O4S. The number of carbonyl (C=O) groups excluding carboxylic acids is 1. The van der Waals surface area contributed by atoms with Gasteiger partial charge in [-0.25, -0.2) is 18.6 Å². The molecule has 0 radical (unpaired) electrons. The van der Waals surface area contributed by atoms with Crippen molar-refractivity contribution >= 4 is 45.6 Å². The van der Waals surface area contributed by atoms with E-state index in [0.29, 0.717) is 40.4 Å². The molecule has 0 saturated carbocycles. The van der Waals surface area contributed by atoms with E-state index < -0.39 is 11.8 Å². The van der Waals surface area contributed by atoms with Crippen molar-refractivity contribution in [3.05, 3.63) is 57.7 Å². The highest BCUT2D eigenvalue weighted by molar-refractivity contribution is 7.17.